The van der Waals surface area contributed by atoms with Crippen LogP contribution in [0.5, 0.6) is 0 Å². The van der Waals surface area contributed by atoms with Gasteiger partial charge in [-0.2, -0.15) is 4.98 Å². The van der Waals surface area contributed by atoms with Crippen LogP contribution in [0.1, 0.15) is 43.2 Å². The molecule has 26 heavy (non-hydrogen) atoms. The summed E-state index contributed by atoms with van der Waals surface area (Å²) in [4.78, 5) is 24.8. The zero-order chi connectivity index (χ0) is 18.9. The Hall–Kier alpha value is -3.24. The number of nitrogens with two attached hydrogens (primary N) is 1. The van der Waals surface area contributed by atoms with E-state index in [1.165, 1.54) is 0 Å². The molecule has 0 fully saturated rings. The number of pyridine rings is 1. The lowest BCUT2D eigenvalue weighted by Gasteiger charge is -2.06. The standard InChI is InChI=1S/C19H19N5O2/c1-4-16(25)14-11-24(17-6-8-21-18(20)23-17)15-9-12(22-10-13(14)15)5-7-19(2,3)26/h6,8-11,26H,4H2,1-3H3,(H2,20,21,23). The van der Waals surface area contributed by atoms with Crippen molar-refractivity contribution in [3.8, 4) is 17.7 Å². The van der Waals surface area contributed by atoms with Crippen molar-refractivity contribution in [2.75, 3.05) is 5.73 Å². The first-order chi connectivity index (χ1) is 12.3. The first-order valence-electron chi connectivity index (χ1n) is 8.17. The molecule has 3 N–H and O–H groups in total. The fourth-order valence-corrected chi connectivity index (χ4v) is 2.51. The molecular weight excluding hydrogens is 330 g/mol. The number of aliphatic hydroxyl groups is 1. The number of hydrogen-bond donors (Lipinski definition) is 2. The second kappa shape index (κ2) is 6.58. The summed E-state index contributed by atoms with van der Waals surface area (Å²) in [6, 6.07) is 3.47. The Balaban J connectivity index is 2.24. The maximum Gasteiger partial charge on any atom is 0.221 e. The van der Waals surface area contributed by atoms with Crippen LogP contribution in [0.3, 0.4) is 0 Å². The molecule has 3 rings (SSSR count). The van der Waals surface area contributed by atoms with Gasteiger partial charge in [-0.05, 0) is 31.9 Å². The van der Waals surface area contributed by atoms with Gasteiger partial charge in [0.15, 0.2) is 5.78 Å². The predicted molar refractivity (Wildman–Crippen MR) is 98.9 cm³/mol. The van der Waals surface area contributed by atoms with Crippen molar-refractivity contribution in [3.05, 3.63) is 42.0 Å². The van der Waals surface area contributed by atoms with Crippen molar-refractivity contribution in [1.82, 2.24) is 19.5 Å². The number of carbonyl (C=O) groups is 1. The zero-order valence-corrected chi connectivity index (χ0v) is 14.8. The minimum absolute atomic E-state index is 0.00732. The number of ketones is 1. The lowest BCUT2D eigenvalue weighted by Crippen LogP contribution is -2.14. The third-order valence-corrected chi connectivity index (χ3v) is 3.71. The van der Waals surface area contributed by atoms with Crippen LogP contribution >= 0.6 is 0 Å². The van der Waals surface area contributed by atoms with E-state index in [0.29, 0.717) is 28.9 Å². The molecule has 0 aliphatic heterocycles. The predicted octanol–water partition coefficient (Wildman–Crippen LogP) is 2.11. The van der Waals surface area contributed by atoms with Gasteiger partial charge in [0, 0.05) is 36.0 Å². The molecule has 0 bridgehead atoms. The molecule has 0 unspecified atom stereocenters. The number of aromatic nitrogens is 4. The maximum absolute atomic E-state index is 12.3. The van der Waals surface area contributed by atoms with Gasteiger partial charge < -0.3 is 15.4 Å². The summed E-state index contributed by atoms with van der Waals surface area (Å²) in [6.45, 7) is 5.01. The highest BCUT2D eigenvalue weighted by Crippen LogP contribution is 2.25. The molecule has 0 radical (unpaired) electrons. The molecule has 0 saturated carbocycles. The minimum atomic E-state index is -1.12. The van der Waals surface area contributed by atoms with Crippen molar-refractivity contribution in [1.29, 1.82) is 0 Å². The number of fused-ring (bicyclic) bond motifs is 1. The third-order valence-electron chi connectivity index (χ3n) is 3.71. The highest BCUT2D eigenvalue weighted by atomic mass is 16.3. The van der Waals surface area contributed by atoms with Gasteiger partial charge in [-0.1, -0.05) is 12.8 Å². The van der Waals surface area contributed by atoms with Crippen LogP contribution in [-0.4, -0.2) is 36.0 Å². The Morgan fingerprint density at radius 2 is 2.15 bits per heavy atom. The molecule has 3 heterocycles. The minimum Gasteiger partial charge on any atom is -0.378 e. The van der Waals surface area contributed by atoms with E-state index in [1.54, 1.807) is 49.1 Å². The van der Waals surface area contributed by atoms with Crippen LogP contribution in [0.2, 0.25) is 0 Å². The molecule has 132 valence electrons. The summed E-state index contributed by atoms with van der Waals surface area (Å²) in [5.74, 6) is 6.28. The first-order valence-corrected chi connectivity index (χ1v) is 8.17. The summed E-state index contributed by atoms with van der Waals surface area (Å²) in [6.07, 6.45) is 5.28. The van der Waals surface area contributed by atoms with Crippen molar-refractivity contribution in [2.24, 2.45) is 0 Å². The second-order valence-corrected chi connectivity index (χ2v) is 6.36. The maximum atomic E-state index is 12.3. The first kappa shape index (κ1) is 17.6. The number of anilines is 1. The number of Topliss-reactive ketones (excluding diaryl/α,β-unsaturated/α-hetero) is 1. The van der Waals surface area contributed by atoms with Crippen molar-refractivity contribution in [3.63, 3.8) is 0 Å². The molecule has 0 atom stereocenters. The van der Waals surface area contributed by atoms with E-state index >= 15 is 0 Å². The second-order valence-electron chi connectivity index (χ2n) is 6.36. The van der Waals surface area contributed by atoms with Crippen LogP contribution in [0.4, 0.5) is 5.95 Å². The number of nitrogens with zero attached hydrogens (tertiary/aromatic N) is 4. The molecule has 0 amide bonds. The van der Waals surface area contributed by atoms with E-state index in [-0.39, 0.29) is 11.7 Å². The van der Waals surface area contributed by atoms with E-state index in [2.05, 4.69) is 26.8 Å². The molecular formula is C19H19N5O2. The lowest BCUT2D eigenvalue weighted by atomic mass is 10.1. The van der Waals surface area contributed by atoms with Gasteiger partial charge in [0.2, 0.25) is 5.95 Å². The van der Waals surface area contributed by atoms with Crippen molar-refractivity contribution >= 4 is 22.6 Å². The lowest BCUT2D eigenvalue weighted by molar-refractivity contribution is 0.0989. The quantitative estimate of drug-likeness (QED) is 0.554. The van der Waals surface area contributed by atoms with Gasteiger partial charge in [0.25, 0.3) is 0 Å². The summed E-state index contributed by atoms with van der Waals surface area (Å²) >= 11 is 0. The average molecular weight is 349 g/mol. The smallest absolute Gasteiger partial charge is 0.221 e. The van der Waals surface area contributed by atoms with Gasteiger partial charge in [0.05, 0.1) is 5.52 Å². The van der Waals surface area contributed by atoms with Crippen LogP contribution in [0, 0.1) is 11.8 Å². The number of nitrogen functional groups attached to an aromatic ring is 1. The molecule has 0 aromatic carbocycles. The van der Waals surface area contributed by atoms with Gasteiger partial charge in [-0.25, -0.2) is 9.97 Å². The summed E-state index contributed by atoms with van der Waals surface area (Å²) in [7, 11) is 0. The van der Waals surface area contributed by atoms with Gasteiger partial charge in [0.1, 0.15) is 17.1 Å². The van der Waals surface area contributed by atoms with Crippen molar-refractivity contribution < 1.29 is 9.90 Å². The fraction of sp³-hybridized carbons (Fsp3) is 0.263. The van der Waals surface area contributed by atoms with Crippen LogP contribution in [0.25, 0.3) is 16.7 Å². The Bertz CT molecular complexity index is 1050. The van der Waals surface area contributed by atoms with Crippen molar-refractivity contribution in [2.45, 2.75) is 32.8 Å². The van der Waals surface area contributed by atoms with Crippen LogP contribution < -0.4 is 5.73 Å². The number of rotatable bonds is 3. The molecule has 0 aliphatic rings. The van der Waals surface area contributed by atoms with Crippen LogP contribution in [-0.2, 0) is 0 Å². The SMILES string of the molecule is CCC(=O)c1cn(-c2ccnc(N)n2)c2cc(C#CC(C)(C)O)ncc12. The van der Waals surface area contributed by atoms with E-state index in [0.717, 1.165) is 5.52 Å². The molecule has 7 nitrogen and oxygen atoms in total. The monoisotopic (exact) mass is 349 g/mol. The molecule has 3 aromatic rings. The highest BCUT2D eigenvalue weighted by Gasteiger charge is 2.16. The highest BCUT2D eigenvalue weighted by molar-refractivity contribution is 6.08. The normalized spacial score (nSPS) is 11.2. The van der Waals surface area contributed by atoms with Gasteiger partial charge in [-0.3, -0.25) is 4.79 Å². The Labute approximate surface area is 150 Å². The van der Waals surface area contributed by atoms with E-state index in [4.69, 9.17) is 5.73 Å². The molecule has 0 saturated heterocycles. The molecule has 0 aliphatic carbocycles. The largest absolute Gasteiger partial charge is 0.378 e. The Morgan fingerprint density at radius 3 is 2.81 bits per heavy atom. The van der Waals surface area contributed by atoms with Gasteiger partial charge in [-0.15, -0.1) is 0 Å². The van der Waals surface area contributed by atoms with E-state index in [1.807, 2.05) is 6.92 Å². The molecule has 7 heteroatoms. The Morgan fingerprint density at radius 1 is 1.38 bits per heavy atom. The Kier molecular flexibility index (Phi) is 4.45. The fourth-order valence-electron chi connectivity index (χ4n) is 2.51. The summed E-state index contributed by atoms with van der Waals surface area (Å²) in [5.41, 5.74) is 6.35. The number of carbonyl (C=O) groups excluding carboxylic acids is 1. The zero-order valence-electron chi connectivity index (χ0n) is 14.8. The van der Waals surface area contributed by atoms with Crippen LogP contribution in [0.15, 0.2) is 30.7 Å². The molecule has 0 spiro atoms. The third kappa shape index (κ3) is 3.55. The van der Waals surface area contributed by atoms with Gasteiger partial charge >= 0.3 is 0 Å². The topological polar surface area (TPSA) is 107 Å². The average Bonchev–Trinajstić information content (AvgIpc) is 2.97. The molecule has 3 aromatic heterocycles. The van der Waals surface area contributed by atoms with E-state index in [9.17, 15) is 9.90 Å². The summed E-state index contributed by atoms with van der Waals surface area (Å²) < 4.78 is 1.77. The summed E-state index contributed by atoms with van der Waals surface area (Å²) in [5, 5.41) is 10.5. The number of hydrogen-bond acceptors (Lipinski definition) is 6. The van der Waals surface area contributed by atoms with E-state index < -0.39 is 5.60 Å².